The number of hydrogen-bond donors (Lipinski definition) is 3. The summed E-state index contributed by atoms with van der Waals surface area (Å²) in [5.74, 6) is 0.972. The number of methoxy groups -OCH3 is 2. The molecule has 0 aliphatic carbocycles. The third kappa shape index (κ3) is 7.62. The SMILES string of the molecule is COCCNS(=O)(=O)c1cccc(CN=C(N)Nc2ccc(OC)cc2)c1.I. The molecule has 10 heteroatoms. The van der Waals surface area contributed by atoms with Crippen LogP contribution < -0.4 is 20.5 Å². The maximum Gasteiger partial charge on any atom is 0.240 e. The number of nitrogens with zero attached hydrogens (tertiary/aromatic N) is 1. The first kappa shape index (κ1) is 24.1. The van der Waals surface area contributed by atoms with Gasteiger partial charge in [-0.2, -0.15) is 0 Å². The molecule has 2 rings (SSSR count). The maximum absolute atomic E-state index is 12.2. The van der Waals surface area contributed by atoms with E-state index in [1.54, 1.807) is 37.4 Å². The van der Waals surface area contributed by atoms with Crippen LogP contribution in [0, 0.1) is 0 Å². The number of rotatable bonds is 9. The van der Waals surface area contributed by atoms with Crippen LogP contribution in [0.25, 0.3) is 0 Å². The lowest BCUT2D eigenvalue weighted by Gasteiger charge is -2.08. The Morgan fingerprint density at radius 2 is 1.86 bits per heavy atom. The van der Waals surface area contributed by atoms with E-state index in [0.717, 1.165) is 17.0 Å². The van der Waals surface area contributed by atoms with Crippen molar-refractivity contribution in [3.05, 3.63) is 54.1 Å². The van der Waals surface area contributed by atoms with Crippen molar-refractivity contribution in [1.82, 2.24) is 4.72 Å². The Kier molecular flexibility index (Phi) is 10.2. The van der Waals surface area contributed by atoms with E-state index in [9.17, 15) is 8.42 Å². The van der Waals surface area contributed by atoms with Crippen molar-refractivity contribution >= 4 is 45.6 Å². The number of hydrogen-bond acceptors (Lipinski definition) is 5. The molecule has 4 N–H and O–H groups in total. The van der Waals surface area contributed by atoms with Gasteiger partial charge in [-0.05, 0) is 42.0 Å². The number of aliphatic imine (C=N–C) groups is 1. The van der Waals surface area contributed by atoms with Crippen molar-refractivity contribution in [1.29, 1.82) is 0 Å². The average Bonchev–Trinajstić information content (AvgIpc) is 2.67. The highest BCUT2D eigenvalue weighted by molar-refractivity contribution is 14.0. The van der Waals surface area contributed by atoms with Gasteiger partial charge in [0.05, 0.1) is 25.2 Å². The van der Waals surface area contributed by atoms with Gasteiger partial charge in [-0.1, -0.05) is 12.1 Å². The lowest BCUT2D eigenvalue weighted by molar-refractivity contribution is 0.204. The average molecular weight is 520 g/mol. The number of sulfonamides is 1. The molecule has 0 aliphatic rings. The van der Waals surface area contributed by atoms with E-state index in [-0.39, 0.29) is 47.9 Å². The van der Waals surface area contributed by atoms with Crippen LogP contribution in [0.3, 0.4) is 0 Å². The second-order valence-electron chi connectivity index (χ2n) is 5.59. The van der Waals surface area contributed by atoms with E-state index in [2.05, 4.69) is 15.0 Å². The molecule has 2 aromatic carbocycles. The van der Waals surface area contributed by atoms with Crippen molar-refractivity contribution < 1.29 is 17.9 Å². The third-order valence-corrected chi connectivity index (χ3v) is 5.06. The summed E-state index contributed by atoms with van der Waals surface area (Å²) < 4.78 is 36.9. The van der Waals surface area contributed by atoms with Crippen LogP contribution in [0.4, 0.5) is 5.69 Å². The zero-order chi connectivity index (χ0) is 19.7. The first-order valence-electron chi connectivity index (χ1n) is 8.23. The van der Waals surface area contributed by atoms with Crippen LogP contribution in [0.1, 0.15) is 5.56 Å². The van der Waals surface area contributed by atoms with E-state index >= 15 is 0 Å². The summed E-state index contributed by atoms with van der Waals surface area (Å²) in [6.07, 6.45) is 0. The van der Waals surface area contributed by atoms with E-state index < -0.39 is 10.0 Å². The Labute approximate surface area is 182 Å². The van der Waals surface area contributed by atoms with Crippen molar-refractivity contribution in [2.45, 2.75) is 11.4 Å². The maximum atomic E-state index is 12.2. The van der Waals surface area contributed by atoms with Crippen LogP contribution in [-0.4, -0.2) is 41.7 Å². The number of guanidine groups is 1. The summed E-state index contributed by atoms with van der Waals surface area (Å²) in [7, 11) is -0.478. The number of halogens is 1. The first-order chi connectivity index (χ1) is 12.9. The second kappa shape index (κ2) is 11.8. The fourth-order valence-electron chi connectivity index (χ4n) is 2.21. The number of ether oxygens (including phenoxy) is 2. The zero-order valence-electron chi connectivity index (χ0n) is 15.7. The molecule has 0 atom stereocenters. The molecule has 0 saturated heterocycles. The number of benzene rings is 2. The number of nitrogens with two attached hydrogens (primary N) is 1. The predicted molar refractivity (Wildman–Crippen MR) is 121 cm³/mol. The lowest BCUT2D eigenvalue weighted by Crippen LogP contribution is -2.27. The lowest BCUT2D eigenvalue weighted by atomic mass is 10.2. The van der Waals surface area contributed by atoms with Crippen molar-refractivity contribution in [2.75, 3.05) is 32.7 Å². The van der Waals surface area contributed by atoms with Crippen molar-refractivity contribution in [2.24, 2.45) is 10.7 Å². The molecule has 0 aliphatic heterocycles. The summed E-state index contributed by atoms with van der Waals surface area (Å²) in [6, 6.07) is 13.8. The van der Waals surface area contributed by atoms with Gasteiger partial charge in [-0.3, -0.25) is 0 Å². The predicted octanol–water partition coefficient (Wildman–Crippen LogP) is 2.16. The van der Waals surface area contributed by atoms with Gasteiger partial charge in [0.15, 0.2) is 5.96 Å². The van der Waals surface area contributed by atoms with Crippen LogP contribution in [0.5, 0.6) is 5.75 Å². The van der Waals surface area contributed by atoms with Gasteiger partial charge >= 0.3 is 0 Å². The Morgan fingerprint density at radius 3 is 2.50 bits per heavy atom. The van der Waals surface area contributed by atoms with Gasteiger partial charge < -0.3 is 20.5 Å². The minimum Gasteiger partial charge on any atom is -0.497 e. The molecule has 0 spiro atoms. The topological polar surface area (TPSA) is 115 Å². The summed E-state index contributed by atoms with van der Waals surface area (Å²) in [6.45, 7) is 0.757. The number of anilines is 1. The third-order valence-electron chi connectivity index (χ3n) is 3.60. The monoisotopic (exact) mass is 520 g/mol. The highest BCUT2D eigenvalue weighted by atomic mass is 127. The molecule has 0 radical (unpaired) electrons. The zero-order valence-corrected chi connectivity index (χ0v) is 18.9. The Balaban J connectivity index is 0.00000392. The van der Waals surface area contributed by atoms with E-state index in [4.69, 9.17) is 15.2 Å². The molecule has 0 aromatic heterocycles. The molecular formula is C18H25IN4O4S. The van der Waals surface area contributed by atoms with Gasteiger partial charge in [0.25, 0.3) is 0 Å². The fourth-order valence-corrected chi connectivity index (χ4v) is 3.29. The Hall–Kier alpha value is -1.89. The van der Waals surface area contributed by atoms with Gasteiger partial charge in [0, 0.05) is 19.3 Å². The highest BCUT2D eigenvalue weighted by Crippen LogP contribution is 2.15. The van der Waals surface area contributed by atoms with E-state index in [1.165, 1.54) is 13.2 Å². The minimum atomic E-state index is -3.59. The van der Waals surface area contributed by atoms with Gasteiger partial charge in [0.1, 0.15) is 5.75 Å². The summed E-state index contributed by atoms with van der Waals surface area (Å²) in [5, 5.41) is 2.97. The standard InChI is InChI=1S/C18H24N4O4S.HI/c1-25-11-10-21-27(23,24)17-5-3-4-14(12-17)13-20-18(19)22-15-6-8-16(26-2)9-7-15;/h3-9,12,21H,10-11,13H2,1-2H3,(H3,19,20,22);1H. The van der Waals surface area contributed by atoms with Crippen molar-refractivity contribution in [3.63, 3.8) is 0 Å². The fraction of sp³-hybridized carbons (Fsp3) is 0.278. The molecule has 0 amide bonds. The molecule has 28 heavy (non-hydrogen) atoms. The van der Waals surface area contributed by atoms with Crippen LogP contribution in [-0.2, 0) is 21.3 Å². The molecule has 2 aromatic rings. The van der Waals surface area contributed by atoms with Crippen LogP contribution >= 0.6 is 24.0 Å². The summed E-state index contributed by atoms with van der Waals surface area (Å²) >= 11 is 0. The Morgan fingerprint density at radius 1 is 1.14 bits per heavy atom. The summed E-state index contributed by atoms with van der Waals surface area (Å²) in [4.78, 5) is 4.42. The molecule has 8 nitrogen and oxygen atoms in total. The molecule has 0 bridgehead atoms. The Bertz CT molecular complexity index is 873. The van der Waals surface area contributed by atoms with Crippen LogP contribution in [0.15, 0.2) is 58.4 Å². The molecule has 154 valence electrons. The van der Waals surface area contributed by atoms with Gasteiger partial charge in [-0.25, -0.2) is 18.1 Å². The van der Waals surface area contributed by atoms with Crippen molar-refractivity contribution in [3.8, 4) is 5.75 Å². The quantitative estimate of drug-likeness (QED) is 0.202. The molecule has 0 saturated carbocycles. The molecule has 0 heterocycles. The van der Waals surface area contributed by atoms with E-state index in [1.807, 2.05) is 12.1 Å². The highest BCUT2D eigenvalue weighted by Gasteiger charge is 2.13. The van der Waals surface area contributed by atoms with Gasteiger partial charge in [-0.15, -0.1) is 24.0 Å². The molecule has 0 fully saturated rings. The largest absolute Gasteiger partial charge is 0.497 e. The minimum absolute atomic E-state index is 0. The normalized spacial score (nSPS) is 11.6. The molecular weight excluding hydrogens is 495 g/mol. The van der Waals surface area contributed by atoms with Gasteiger partial charge in [0.2, 0.25) is 10.0 Å². The second-order valence-corrected chi connectivity index (χ2v) is 7.36. The molecule has 0 unspecified atom stereocenters. The van der Waals surface area contributed by atoms with E-state index in [0.29, 0.717) is 6.61 Å². The number of nitrogens with one attached hydrogen (secondary N) is 2. The smallest absolute Gasteiger partial charge is 0.240 e. The van der Waals surface area contributed by atoms with Crippen LogP contribution in [0.2, 0.25) is 0 Å². The summed E-state index contributed by atoms with van der Waals surface area (Å²) in [5.41, 5.74) is 7.39. The first-order valence-corrected chi connectivity index (χ1v) is 9.71.